The van der Waals surface area contributed by atoms with Gasteiger partial charge in [0, 0.05) is 17.6 Å². The lowest BCUT2D eigenvalue weighted by Crippen LogP contribution is -2.56. The molecule has 1 aliphatic rings. The number of hydrogen-bond acceptors (Lipinski definition) is 2. The molecule has 0 aromatic carbocycles. The lowest BCUT2D eigenvalue weighted by Gasteiger charge is -2.41. The van der Waals surface area contributed by atoms with Gasteiger partial charge >= 0.3 is 0 Å². The van der Waals surface area contributed by atoms with E-state index < -0.39 is 0 Å². The van der Waals surface area contributed by atoms with Crippen LogP contribution >= 0.6 is 12.4 Å². The second-order valence-electron chi connectivity index (χ2n) is 5.55. The van der Waals surface area contributed by atoms with Gasteiger partial charge in [0.15, 0.2) is 0 Å². The van der Waals surface area contributed by atoms with Crippen LogP contribution in [-0.2, 0) is 0 Å². The van der Waals surface area contributed by atoms with E-state index in [0.717, 1.165) is 18.8 Å². The summed E-state index contributed by atoms with van der Waals surface area (Å²) in [6, 6.07) is 1.01. The highest BCUT2D eigenvalue weighted by Gasteiger charge is 2.31. The number of nitrogens with two attached hydrogens (primary N) is 1. The first-order valence-electron chi connectivity index (χ1n) is 5.42. The van der Waals surface area contributed by atoms with Crippen LogP contribution in [0.25, 0.3) is 0 Å². The van der Waals surface area contributed by atoms with E-state index in [4.69, 9.17) is 5.73 Å². The summed E-state index contributed by atoms with van der Waals surface area (Å²) in [6.07, 6.45) is 3.49. The van der Waals surface area contributed by atoms with E-state index in [-0.39, 0.29) is 17.9 Å². The summed E-state index contributed by atoms with van der Waals surface area (Å²) in [4.78, 5) is 0. The fourth-order valence-electron chi connectivity index (χ4n) is 2.50. The third-order valence-corrected chi connectivity index (χ3v) is 2.71. The summed E-state index contributed by atoms with van der Waals surface area (Å²) in [5.74, 6) is 0.763. The smallest absolute Gasteiger partial charge is 0.0142 e. The molecule has 0 aromatic heterocycles. The largest absolute Gasteiger partial charge is 0.328 e. The monoisotopic (exact) mass is 220 g/mol. The van der Waals surface area contributed by atoms with Crippen LogP contribution < -0.4 is 11.1 Å². The van der Waals surface area contributed by atoms with Crippen LogP contribution in [0, 0.1) is 5.92 Å². The molecule has 0 radical (unpaired) electrons. The Labute approximate surface area is 94.4 Å². The molecule has 14 heavy (non-hydrogen) atoms. The van der Waals surface area contributed by atoms with E-state index in [0.29, 0.717) is 12.1 Å². The molecule has 2 unspecified atom stereocenters. The van der Waals surface area contributed by atoms with Crippen LogP contribution in [-0.4, -0.2) is 17.6 Å². The Morgan fingerprint density at radius 2 is 2.00 bits per heavy atom. The molecule has 1 fully saturated rings. The van der Waals surface area contributed by atoms with E-state index in [2.05, 4.69) is 33.0 Å². The van der Waals surface area contributed by atoms with Crippen molar-refractivity contribution < 1.29 is 0 Å². The maximum absolute atomic E-state index is 6.04. The summed E-state index contributed by atoms with van der Waals surface area (Å²) >= 11 is 0. The molecule has 1 saturated heterocycles. The molecule has 0 bridgehead atoms. The van der Waals surface area contributed by atoms with Crippen LogP contribution in [0.2, 0.25) is 0 Å². The average Bonchev–Trinajstić information content (AvgIpc) is 1.78. The predicted octanol–water partition coefficient (Wildman–Crippen LogP) is 2.31. The van der Waals surface area contributed by atoms with Gasteiger partial charge in [-0.1, -0.05) is 13.8 Å². The molecule has 1 heterocycles. The second-order valence-corrected chi connectivity index (χ2v) is 5.55. The Balaban J connectivity index is 0.00000169. The molecule has 3 heteroatoms. The van der Waals surface area contributed by atoms with Crippen molar-refractivity contribution >= 4 is 12.4 Å². The molecule has 0 aliphatic carbocycles. The summed E-state index contributed by atoms with van der Waals surface area (Å²) in [7, 11) is 0. The SMILES string of the molecule is CC(C)CC1CC(N)CC(C)(C)N1.Cl. The number of nitrogens with one attached hydrogen (secondary N) is 1. The highest BCUT2D eigenvalue weighted by atomic mass is 35.5. The third kappa shape index (κ3) is 4.63. The Hall–Kier alpha value is 0.210. The van der Waals surface area contributed by atoms with Gasteiger partial charge in [0.05, 0.1) is 0 Å². The van der Waals surface area contributed by atoms with Gasteiger partial charge in [-0.3, -0.25) is 0 Å². The molecule has 0 saturated carbocycles. The minimum atomic E-state index is 0. The maximum atomic E-state index is 6.04. The van der Waals surface area contributed by atoms with Gasteiger partial charge in [-0.25, -0.2) is 0 Å². The number of halogens is 1. The van der Waals surface area contributed by atoms with Crippen molar-refractivity contribution in [3.05, 3.63) is 0 Å². The minimum absolute atomic E-state index is 0. The summed E-state index contributed by atoms with van der Waals surface area (Å²) in [5, 5.41) is 3.67. The van der Waals surface area contributed by atoms with E-state index >= 15 is 0 Å². The van der Waals surface area contributed by atoms with E-state index in [1.165, 1.54) is 6.42 Å². The molecule has 0 amide bonds. The summed E-state index contributed by atoms with van der Waals surface area (Å²) < 4.78 is 0. The first-order chi connectivity index (χ1) is 5.89. The number of hydrogen-bond donors (Lipinski definition) is 2. The highest BCUT2D eigenvalue weighted by Crippen LogP contribution is 2.23. The second kappa shape index (κ2) is 5.34. The van der Waals surface area contributed by atoms with Crippen LogP contribution in [0.1, 0.15) is 47.0 Å². The number of piperidine rings is 1. The lowest BCUT2D eigenvalue weighted by molar-refractivity contribution is 0.202. The zero-order valence-corrected chi connectivity index (χ0v) is 10.7. The average molecular weight is 221 g/mol. The Morgan fingerprint density at radius 1 is 1.43 bits per heavy atom. The zero-order valence-electron chi connectivity index (χ0n) is 9.84. The fraction of sp³-hybridized carbons (Fsp3) is 1.00. The van der Waals surface area contributed by atoms with Gasteiger partial charge in [0.2, 0.25) is 0 Å². The normalized spacial score (nSPS) is 31.3. The van der Waals surface area contributed by atoms with E-state index in [1.807, 2.05) is 0 Å². The molecule has 86 valence electrons. The lowest BCUT2D eigenvalue weighted by atomic mass is 9.83. The number of rotatable bonds is 2. The molecule has 3 N–H and O–H groups in total. The van der Waals surface area contributed by atoms with Crippen molar-refractivity contribution in [3.8, 4) is 0 Å². The van der Waals surface area contributed by atoms with Crippen LogP contribution in [0.5, 0.6) is 0 Å². The summed E-state index contributed by atoms with van der Waals surface area (Å²) in [6.45, 7) is 9.04. The van der Waals surface area contributed by atoms with Crippen molar-refractivity contribution in [1.82, 2.24) is 5.32 Å². The molecule has 2 nitrogen and oxygen atoms in total. The van der Waals surface area contributed by atoms with Crippen molar-refractivity contribution in [2.45, 2.75) is 64.6 Å². The van der Waals surface area contributed by atoms with Gasteiger partial charge < -0.3 is 11.1 Å². The standard InChI is InChI=1S/C11H24N2.ClH/c1-8(2)5-10-6-9(12)7-11(3,4)13-10;/h8-10,13H,5-7,12H2,1-4H3;1H. The van der Waals surface area contributed by atoms with Gasteiger partial charge in [0.1, 0.15) is 0 Å². The molecule has 2 atom stereocenters. The molecule has 1 rings (SSSR count). The van der Waals surface area contributed by atoms with Crippen LogP contribution in [0.4, 0.5) is 0 Å². The van der Waals surface area contributed by atoms with Gasteiger partial charge in [-0.2, -0.15) is 0 Å². The first kappa shape index (κ1) is 14.2. The van der Waals surface area contributed by atoms with Gasteiger partial charge in [-0.05, 0) is 39.0 Å². The predicted molar refractivity (Wildman–Crippen MR) is 64.9 cm³/mol. The van der Waals surface area contributed by atoms with Crippen LogP contribution in [0.3, 0.4) is 0 Å². The molecular formula is C11H25ClN2. The zero-order chi connectivity index (χ0) is 10.1. The van der Waals surface area contributed by atoms with Crippen molar-refractivity contribution in [2.75, 3.05) is 0 Å². The third-order valence-electron chi connectivity index (χ3n) is 2.71. The minimum Gasteiger partial charge on any atom is -0.328 e. The van der Waals surface area contributed by atoms with Crippen molar-refractivity contribution in [2.24, 2.45) is 11.7 Å². The van der Waals surface area contributed by atoms with Crippen molar-refractivity contribution in [1.29, 1.82) is 0 Å². The quantitative estimate of drug-likeness (QED) is 0.750. The molecule has 0 aromatic rings. The molecular weight excluding hydrogens is 196 g/mol. The van der Waals surface area contributed by atoms with E-state index in [9.17, 15) is 0 Å². The van der Waals surface area contributed by atoms with Gasteiger partial charge in [-0.15, -0.1) is 12.4 Å². The molecule has 1 aliphatic heterocycles. The van der Waals surface area contributed by atoms with Crippen LogP contribution in [0.15, 0.2) is 0 Å². The topological polar surface area (TPSA) is 38.0 Å². The first-order valence-corrected chi connectivity index (χ1v) is 5.42. The fourth-order valence-corrected chi connectivity index (χ4v) is 2.50. The Bertz CT molecular complexity index is 167. The highest BCUT2D eigenvalue weighted by molar-refractivity contribution is 5.85. The Morgan fingerprint density at radius 3 is 2.43 bits per heavy atom. The van der Waals surface area contributed by atoms with E-state index in [1.54, 1.807) is 0 Å². The maximum Gasteiger partial charge on any atom is 0.0142 e. The molecule has 0 spiro atoms. The Kier molecular flexibility index (Phi) is 5.42. The van der Waals surface area contributed by atoms with Gasteiger partial charge in [0.25, 0.3) is 0 Å². The summed E-state index contributed by atoms with van der Waals surface area (Å²) in [5.41, 5.74) is 6.27. The van der Waals surface area contributed by atoms with Crippen molar-refractivity contribution in [3.63, 3.8) is 0 Å².